The molecule has 1 unspecified atom stereocenters. The van der Waals surface area contributed by atoms with Crippen molar-refractivity contribution >= 4 is 43.5 Å². The van der Waals surface area contributed by atoms with E-state index in [1.807, 2.05) is 24.3 Å². The van der Waals surface area contributed by atoms with Gasteiger partial charge >= 0.3 is 0 Å². The summed E-state index contributed by atoms with van der Waals surface area (Å²) in [6.07, 6.45) is 0.695. The fraction of sp³-hybridized carbons (Fsp3) is 0.250. The van der Waals surface area contributed by atoms with Crippen LogP contribution in [0.5, 0.6) is 0 Å². The summed E-state index contributed by atoms with van der Waals surface area (Å²) in [6.45, 7) is 2.89. The molecule has 0 aliphatic rings. The molecule has 0 radical (unpaired) electrons. The Labute approximate surface area is 146 Å². The molecule has 2 rings (SSSR count). The van der Waals surface area contributed by atoms with Crippen molar-refractivity contribution in [1.29, 1.82) is 0 Å². The lowest BCUT2D eigenvalue weighted by Gasteiger charge is -2.20. The molecule has 21 heavy (non-hydrogen) atoms. The Kier molecular flexibility index (Phi) is 6.23. The maximum absolute atomic E-state index is 13.6. The molecule has 1 N–H and O–H groups in total. The van der Waals surface area contributed by atoms with Crippen LogP contribution in [0, 0.1) is 5.82 Å². The van der Waals surface area contributed by atoms with Crippen molar-refractivity contribution in [2.75, 3.05) is 6.54 Å². The van der Waals surface area contributed by atoms with E-state index in [1.165, 1.54) is 6.07 Å². The van der Waals surface area contributed by atoms with Crippen LogP contribution in [0.25, 0.3) is 0 Å². The predicted molar refractivity (Wildman–Crippen MR) is 93.4 cm³/mol. The maximum atomic E-state index is 13.6. The van der Waals surface area contributed by atoms with E-state index < -0.39 is 0 Å². The van der Waals surface area contributed by atoms with Gasteiger partial charge in [0.1, 0.15) is 5.82 Å². The van der Waals surface area contributed by atoms with E-state index in [2.05, 4.69) is 44.1 Å². The van der Waals surface area contributed by atoms with E-state index in [4.69, 9.17) is 11.6 Å². The second kappa shape index (κ2) is 7.73. The number of nitrogens with one attached hydrogen (secondary N) is 1. The second-order valence-corrected chi connectivity index (χ2v) is 6.76. The van der Waals surface area contributed by atoms with Crippen molar-refractivity contribution in [3.05, 3.63) is 67.3 Å². The third kappa shape index (κ3) is 4.28. The Balaban J connectivity index is 2.30. The van der Waals surface area contributed by atoms with Gasteiger partial charge in [-0.1, -0.05) is 36.7 Å². The zero-order valence-electron chi connectivity index (χ0n) is 11.5. The van der Waals surface area contributed by atoms with Crippen LogP contribution in [-0.2, 0) is 6.42 Å². The van der Waals surface area contributed by atoms with Crippen LogP contribution in [0.3, 0.4) is 0 Å². The molecule has 0 saturated carbocycles. The van der Waals surface area contributed by atoms with Gasteiger partial charge in [0.25, 0.3) is 0 Å². The third-order valence-electron chi connectivity index (χ3n) is 3.25. The molecule has 0 aliphatic carbocycles. The van der Waals surface area contributed by atoms with Gasteiger partial charge in [-0.2, -0.15) is 0 Å². The number of hydrogen-bond donors (Lipinski definition) is 1. The summed E-state index contributed by atoms with van der Waals surface area (Å²) in [5.41, 5.74) is 2.05. The lowest BCUT2D eigenvalue weighted by molar-refractivity contribution is 0.544. The molecule has 0 spiro atoms. The van der Waals surface area contributed by atoms with E-state index in [-0.39, 0.29) is 11.9 Å². The summed E-state index contributed by atoms with van der Waals surface area (Å²) < 4.78 is 15.0. The first-order chi connectivity index (χ1) is 10.0. The lowest BCUT2D eigenvalue weighted by atomic mass is 9.99. The highest BCUT2D eigenvalue weighted by molar-refractivity contribution is 9.10. The maximum Gasteiger partial charge on any atom is 0.137 e. The van der Waals surface area contributed by atoms with Crippen molar-refractivity contribution < 1.29 is 4.39 Å². The average Bonchev–Trinajstić information content (AvgIpc) is 2.46. The molecular weight excluding hydrogens is 420 g/mol. The van der Waals surface area contributed by atoms with Crippen molar-refractivity contribution in [3.8, 4) is 0 Å². The molecule has 2 aromatic carbocycles. The van der Waals surface area contributed by atoms with E-state index in [9.17, 15) is 4.39 Å². The van der Waals surface area contributed by atoms with E-state index in [1.54, 1.807) is 6.07 Å². The zero-order valence-corrected chi connectivity index (χ0v) is 15.4. The minimum Gasteiger partial charge on any atom is -0.310 e. The van der Waals surface area contributed by atoms with Gasteiger partial charge in [-0.15, -0.1) is 0 Å². The first kappa shape index (κ1) is 16.9. The fourth-order valence-corrected chi connectivity index (χ4v) is 3.15. The number of halogens is 4. The molecule has 0 aromatic heterocycles. The molecule has 0 saturated heterocycles. The van der Waals surface area contributed by atoms with Crippen LogP contribution in [0.2, 0.25) is 5.02 Å². The zero-order chi connectivity index (χ0) is 15.4. The summed E-state index contributed by atoms with van der Waals surface area (Å²) in [4.78, 5) is 0. The van der Waals surface area contributed by atoms with Crippen LogP contribution in [0.4, 0.5) is 4.39 Å². The Morgan fingerprint density at radius 1 is 1.24 bits per heavy atom. The minimum atomic E-state index is -0.236. The molecule has 0 fully saturated rings. The topological polar surface area (TPSA) is 12.0 Å². The lowest BCUT2D eigenvalue weighted by Crippen LogP contribution is -2.23. The highest BCUT2D eigenvalue weighted by atomic mass is 79.9. The highest BCUT2D eigenvalue weighted by Gasteiger charge is 2.15. The SMILES string of the molecule is CCNC(Cc1cccc(F)c1Br)c1ccc(Cl)c(Br)c1. The number of hydrogen-bond acceptors (Lipinski definition) is 1. The molecule has 112 valence electrons. The monoisotopic (exact) mass is 433 g/mol. The average molecular weight is 436 g/mol. The third-order valence-corrected chi connectivity index (χ3v) is 5.35. The minimum absolute atomic E-state index is 0.0988. The van der Waals surface area contributed by atoms with Crippen LogP contribution in [-0.4, -0.2) is 6.54 Å². The van der Waals surface area contributed by atoms with Gasteiger partial charge in [-0.3, -0.25) is 0 Å². The smallest absolute Gasteiger partial charge is 0.137 e. The molecule has 0 aliphatic heterocycles. The first-order valence-electron chi connectivity index (χ1n) is 6.64. The normalized spacial score (nSPS) is 12.4. The summed E-state index contributed by atoms with van der Waals surface area (Å²) in [7, 11) is 0. The molecule has 0 heterocycles. The van der Waals surface area contributed by atoms with Gasteiger partial charge in [-0.25, -0.2) is 4.39 Å². The summed E-state index contributed by atoms with van der Waals surface area (Å²) in [5, 5.41) is 4.11. The molecule has 1 atom stereocenters. The van der Waals surface area contributed by atoms with E-state index in [0.29, 0.717) is 15.9 Å². The summed E-state index contributed by atoms with van der Waals surface area (Å²) >= 11 is 12.8. The number of benzene rings is 2. The van der Waals surface area contributed by atoms with E-state index in [0.717, 1.165) is 22.1 Å². The summed E-state index contributed by atoms with van der Waals surface area (Å²) in [6, 6.07) is 11.1. The molecule has 5 heteroatoms. The Bertz CT molecular complexity index is 634. The number of rotatable bonds is 5. The van der Waals surface area contributed by atoms with Crippen LogP contribution in [0.1, 0.15) is 24.1 Å². The highest BCUT2D eigenvalue weighted by Crippen LogP contribution is 2.30. The van der Waals surface area contributed by atoms with Crippen LogP contribution in [0.15, 0.2) is 45.3 Å². The number of likely N-dealkylation sites (N-methyl/N-ethyl adjacent to an activating group) is 1. The fourth-order valence-electron chi connectivity index (χ4n) is 2.21. The summed E-state index contributed by atoms with van der Waals surface area (Å²) in [5.74, 6) is -0.236. The van der Waals surface area contributed by atoms with E-state index >= 15 is 0 Å². The van der Waals surface area contributed by atoms with Crippen LogP contribution < -0.4 is 5.32 Å². The van der Waals surface area contributed by atoms with Gasteiger partial charge in [0, 0.05) is 10.5 Å². The molecule has 1 nitrogen and oxygen atoms in total. The standard InChI is InChI=1S/C16H15Br2ClFN/c1-2-21-15(10-6-7-13(19)12(17)8-10)9-11-4-3-5-14(20)16(11)18/h3-8,15,21H,2,9H2,1H3. The van der Waals surface area contributed by atoms with Crippen molar-refractivity contribution in [2.24, 2.45) is 0 Å². The molecule has 0 bridgehead atoms. The molecular formula is C16H15Br2ClFN. The Morgan fingerprint density at radius 3 is 2.67 bits per heavy atom. The van der Waals surface area contributed by atoms with Gasteiger partial charge < -0.3 is 5.32 Å². The van der Waals surface area contributed by atoms with Gasteiger partial charge in [0.05, 0.1) is 9.50 Å². The second-order valence-electron chi connectivity index (χ2n) is 4.70. The van der Waals surface area contributed by atoms with Crippen LogP contribution >= 0.6 is 43.5 Å². The quantitative estimate of drug-likeness (QED) is 0.617. The molecule has 0 amide bonds. The van der Waals surface area contributed by atoms with Gasteiger partial charge in [0.2, 0.25) is 0 Å². The Morgan fingerprint density at radius 2 is 2.00 bits per heavy atom. The van der Waals surface area contributed by atoms with Crippen molar-refractivity contribution in [1.82, 2.24) is 5.32 Å². The molecule has 2 aromatic rings. The van der Waals surface area contributed by atoms with Crippen molar-refractivity contribution in [2.45, 2.75) is 19.4 Å². The van der Waals surface area contributed by atoms with Crippen molar-refractivity contribution in [3.63, 3.8) is 0 Å². The first-order valence-corrected chi connectivity index (χ1v) is 8.60. The Hall–Kier alpha value is -0.420. The predicted octanol–water partition coefficient (Wildman–Crippen LogP) is 5.90. The van der Waals surface area contributed by atoms with Gasteiger partial charge in [-0.05, 0) is 74.2 Å². The largest absolute Gasteiger partial charge is 0.310 e. The van der Waals surface area contributed by atoms with Gasteiger partial charge in [0.15, 0.2) is 0 Å².